The van der Waals surface area contributed by atoms with Crippen molar-refractivity contribution in [3.05, 3.63) is 62.5 Å². The summed E-state index contributed by atoms with van der Waals surface area (Å²) in [5.41, 5.74) is 2.45. The van der Waals surface area contributed by atoms with E-state index in [0.29, 0.717) is 6.61 Å². The normalized spacial score (nSPS) is 10.3. The monoisotopic (exact) mass is 354 g/mol. The summed E-state index contributed by atoms with van der Waals surface area (Å²) in [6, 6.07) is 14.1. The highest BCUT2D eigenvalue weighted by Crippen LogP contribution is 2.33. The van der Waals surface area contributed by atoms with Crippen LogP contribution >= 0.6 is 31.9 Å². The summed E-state index contributed by atoms with van der Waals surface area (Å²) in [7, 11) is 0. The summed E-state index contributed by atoms with van der Waals surface area (Å²) in [6.45, 7) is 2.67. The first-order valence-corrected chi connectivity index (χ1v) is 6.88. The topological polar surface area (TPSA) is 9.23 Å². The van der Waals surface area contributed by atoms with Crippen molar-refractivity contribution in [3.63, 3.8) is 0 Å². The van der Waals surface area contributed by atoms with E-state index in [0.717, 1.165) is 14.7 Å². The fourth-order valence-corrected chi connectivity index (χ4v) is 2.77. The molecule has 0 aliphatic carbocycles. The van der Waals surface area contributed by atoms with Gasteiger partial charge in [-0.05, 0) is 62.0 Å². The SMILES string of the molecule is Cc1ccccc1COc1c(Br)cccc1Br. The Hall–Kier alpha value is -0.800. The molecule has 0 heterocycles. The molecule has 2 rings (SSSR count). The van der Waals surface area contributed by atoms with E-state index < -0.39 is 0 Å². The third kappa shape index (κ3) is 3.11. The highest BCUT2D eigenvalue weighted by molar-refractivity contribution is 9.11. The largest absolute Gasteiger partial charge is 0.487 e. The molecule has 0 bridgehead atoms. The first-order valence-electron chi connectivity index (χ1n) is 5.30. The molecule has 0 aliphatic heterocycles. The van der Waals surface area contributed by atoms with Crippen LogP contribution in [-0.4, -0.2) is 0 Å². The lowest BCUT2D eigenvalue weighted by molar-refractivity contribution is 0.301. The first kappa shape index (κ1) is 12.7. The number of ether oxygens (including phenoxy) is 1. The van der Waals surface area contributed by atoms with Crippen molar-refractivity contribution in [3.8, 4) is 5.75 Å². The maximum Gasteiger partial charge on any atom is 0.148 e. The lowest BCUT2D eigenvalue weighted by Gasteiger charge is -2.11. The average molecular weight is 356 g/mol. The summed E-state index contributed by atoms with van der Waals surface area (Å²) in [5.74, 6) is 0.843. The van der Waals surface area contributed by atoms with Crippen LogP contribution in [0.15, 0.2) is 51.4 Å². The third-order valence-corrected chi connectivity index (χ3v) is 3.80. The molecule has 0 atom stereocenters. The zero-order valence-corrected chi connectivity index (χ0v) is 12.6. The number of benzene rings is 2. The Labute approximate surface area is 118 Å². The predicted octanol–water partition coefficient (Wildman–Crippen LogP) is 5.10. The van der Waals surface area contributed by atoms with Crippen LogP contribution in [-0.2, 0) is 6.61 Å². The molecule has 3 heteroatoms. The molecular formula is C14H12Br2O. The molecule has 2 aromatic rings. The molecule has 0 saturated heterocycles. The smallest absolute Gasteiger partial charge is 0.148 e. The van der Waals surface area contributed by atoms with Crippen molar-refractivity contribution in [2.24, 2.45) is 0 Å². The van der Waals surface area contributed by atoms with Gasteiger partial charge in [-0.25, -0.2) is 0 Å². The van der Waals surface area contributed by atoms with Crippen LogP contribution in [0.1, 0.15) is 11.1 Å². The molecule has 0 N–H and O–H groups in total. The zero-order valence-electron chi connectivity index (χ0n) is 9.41. The van der Waals surface area contributed by atoms with E-state index in [1.54, 1.807) is 0 Å². The number of rotatable bonds is 3. The molecule has 0 amide bonds. The van der Waals surface area contributed by atoms with Gasteiger partial charge in [0.2, 0.25) is 0 Å². The van der Waals surface area contributed by atoms with E-state index in [4.69, 9.17) is 4.74 Å². The van der Waals surface area contributed by atoms with Crippen molar-refractivity contribution in [1.82, 2.24) is 0 Å². The Morgan fingerprint density at radius 1 is 0.941 bits per heavy atom. The van der Waals surface area contributed by atoms with Crippen LogP contribution < -0.4 is 4.74 Å². The van der Waals surface area contributed by atoms with Crippen LogP contribution in [0, 0.1) is 6.92 Å². The number of para-hydroxylation sites is 1. The minimum absolute atomic E-state index is 0.577. The van der Waals surface area contributed by atoms with Gasteiger partial charge < -0.3 is 4.74 Å². The number of aryl methyl sites for hydroxylation is 1. The average Bonchev–Trinajstić information content (AvgIpc) is 2.30. The van der Waals surface area contributed by atoms with Crippen LogP contribution in [0.2, 0.25) is 0 Å². The molecule has 2 aromatic carbocycles. The maximum absolute atomic E-state index is 5.84. The van der Waals surface area contributed by atoms with Gasteiger partial charge in [-0.15, -0.1) is 0 Å². The predicted molar refractivity (Wildman–Crippen MR) is 77.4 cm³/mol. The fraction of sp³-hybridized carbons (Fsp3) is 0.143. The zero-order chi connectivity index (χ0) is 12.3. The second-order valence-corrected chi connectivity index (χ2v) is 5.47. The molecule has 0 aliphatic rings. The molecule has 1 nitrogen and oxygen atoms in total. The highest BCUT2D eigenvalue weighted by Gasteiger charge is 2.06. The molecule has 0 unspecified atom stereocenters. The molecular weight excluding hydrogens is 344 g/mol. The standard InChI is InChI=1S/C14H12Br2O/c1-10-5-2-3-6-11(10)9-17-14-12(15)7-4-8-13(14)16/h2-8H,9H2,1H3. The second kappa shape index (κ2) is 5.69. The Bertz CT molecular complexity index is 503. The van der Waals surface area contributed by atoms with E-state index in [9.17, 15) is 0 Å². The molecule has 0 saturated carbocycles. The van der Waals surface area contributed by atoms with E-state index >= 15 is 0 Å². The molecule has 0 radical (unpaired) electrons. The van der Waals surface area contributed by atoms with Crippen LogP contribution in [0.25, 0.3) is 0 Å². The summed E-state index contributed by atoms with van der Waals surface area (Å²) >= 11 is 6.97. The van der Waals surface area contributed by atoms with Crippen molar-refractivity contribution >= 4 is 31.9 Å². The van der Waals surface area contributed by atoms with Gasteiger partial charge in [0.25, 0.3) is 0 Å². The van der Waals surface area contributed by atoms with Gasteiger partial charge in [-0.3, -0.25) is 0 Å². The lowest BCUT2D eigenvalue weighted by Crippen LogP contribution is -1.98. The van der Waals surface area contributed by atoms with Crippen LogP contribution in [0.5, 0.6) is 5.75 Å². The van der Waals surface area contributed by atoms with Gasteiger partial charge in [0.15, 0.2) is 0 Å². The van der Waals surface area contributed by atoms with Crippen molar-refractivity contribution in [1.29, 1.82) is 0 Å². The minimum atomic E-state index is 0.577. The fourth-order valence-electron chi connectivity index (χ4n) is 1.54. The molecule has 0 fully saturated rings. The summed E-state index contributed by atoms with van der Waals surface area (Å²) < 4.78 is 7.76. The molecule has 88 valence electrons. The molecule has 17 heavy (non-hydrogen) atoms. The van der Waals surface area contributed by atoms with Crippen LogP contribution in [0.4, 0.5) is 0 Å². The van der Waals surface area contributed by atoms with Crippen molar-refractivity contribution < 1.29 is 4.74 Å². The highest BCUT2D eigenvalue weighted by atomic mass is 79.9. The van der Waals surface area contributed by atoms with Gasteiger partial charge in [0, 0.05) is 0 Å². The van der Waals surface area contributed by atoms with Gasteiger partial charge >= 0.3 is 0 Å². The Balaban J connectivity index is 2.16. The van der Waals surface area contributed by atoms with Gasteiger partial charge in [0.1, 0.15) is 12.4 Å². The third-order valence-electron chi connectivity index (χ3n) is 2.55. The summed E-state index contributed by atoms with van der Waals surface area (Å²) in [5, 5.41) is 0. The number of halogens is 2. The second-order valence-electron chi connectivity index (χ2n) is 3.77. The van der Waals surface area contributed by atoms with Crippen LogP contribution in [0.3, 0.4) is 0 Å². The van der Waals surface area contributed by atoms with Crippen molar-refractivity contribution in [2.75, 3.05) is 0 Å². The maximum atomic E-state index is 5.84. The number of hydrogen-bond donors (Lipinski definition) is 0. The quantitative estimate of drug-likeness (QED) is 0.744. The molecule has 0 spiro atoms. The van der Waals surface area contributed by atoms with Gasteiger partial charge in [-0.1, -0.05) is 30.3 Å². The minimum Gasteiger partial charge on any atom is -0.487 e. The van der Waals surface area contributed by atoms with Crippen molar-refractivity contribution in [2.45, 2.75) is 13.5 Å². The Morgan fingerprint density at radius 3 is 2.24 bits per heavy atom. The lowest BCUT2D eigenvalue weighted by atomic mass is 10.1. The Morgan fingerprint density at radius 2 is 1.59 bits per heavy atom. The first-order chi connectivity index (χ1) is 8.18. The summed E-state index contributed by atoms with van der Waals surface area (Å²) in [6.07, 6.45) is 0. The van der Waals surface area contributed by atoms with E-state index in [2.05, 4.69) is 50.9 Å². The van der Waals surface area contributed by atoms with Gasteiger partial charge in [-0.2, -0.15) is 0 Å². The van der Waals surface area contributed by atoms with E-state index in [1.165, 1.54) is 11.1 Å². The van der Waals surface area contributed by atoms with E-state index in [-0.39, 0.29) is 0 Å². The number of hydrogen-bond acceptors (Lipinski definition) is 1. The summed E-state index contributed by atoms with van der Waals surface area (Å²) in [4.78, 5) is 0. The molecule has 0 aromatic heterocycles. The van der Waals surface area contributed by atoms with E-state index in [1.807, 2.05) is 30.3 Å². The Kier molecular flexibility index (Phi) is 4.24. The van der Waals surface area contributed by atoms with Gasteiger partial charge in [0.05, 0.1) is 8.95 Å².